The van der Waals surface area contributed by atoms with Crippen molar-refractivity contribution < 1.29 is 4.79 Å². The van der Waals surface area contributed by atoms with E-state index in [1.807, 2.05) is 18.2 Å². The van der Waals surface area contributed by atoms with E-state index in [1.54, 1.807) is 0 Å². The van der Waals surface area contributed by atoms with Crippen LogP contribution in [0.25, 0.3) is 0 Å². The number of rotatable bonds is 7. The SMILES string of the molecule is CCCNC(C)c1cccc(NC(=O)NC2CC2CC)c1. The molecule has 0 heterocycles. The molecule has 3 atom stereocenters. The summed E-state index contributed by atoms with van der Waals surface area (Å²) < 4.78 is 0. The van der Waals surface area contributed by atoms with E-state index in [1.165, 1.54) is 5.56 Å². The highest BCUT2D eigenvalue weighted by Gasteiger charge is 2.36. The average Bonchev–Trinajstić information content (AvgIpc) is 3.23. The van der Waals surface area contributed by atoms with E-state index >= 15 is 0 Å². The van der Waals surface area contributed by atoms with E-state index in [0.29, 0.717) is 18.0 Å². The number of benzene rings is 1. The van der Waals surface area contributed by atoms with Crippen molar-refractivity contribution in [3.8, 4) is 0 Å². The minimum absolute atomic E-state index is 0.0951. The Bertz CT molecular complexity index is 475. The maximum atomic E-state index is 11.9. The number of urea groups is 1. The van der Waals surface area contributed by atoms with Crippen molar-refractivity contribution in [1.29, 1.82) is 0 Å². The lowest BCUT2D eigenvalue weighted by Crippen LogP contribution is -2.31. The van der Waals surface area contributed by atoms with Crippen molar-refractivity contribution in [3.05, 3.63) is 29.8 Å². The minimum atomic E-state index is -0.0951. The summed E-state index contributed by atoms with van der Waals surface area (Å²) in [6, 6.07) is 8.61. The van der Waals surface area contributed by atoms with Crippen LogP contribution >= 0.6 is 0 Å². The molecule has 1 aliphatic carbocycles. The summed E-state index contributed by atoms with van der Waals surface area (Å²) in [7, 11) is 0. The first kappa shape index (κ1) is 15.8. The van der Waals surface area contributed by atoms with Gasteiger partial charge in [0, 0.05) is 17.8 Å². The summed E-state index contributed by atoms with van der Waals surface area (Å²) in [5.41, 5.74) is 2.04. The van der Waals surface area contributed by atoms with Crippen molar-refractivity contribution in [1.82, 2.24) is 10.6 Å². The molecular formula is C17H27N3O. The molecule has 0 bridgehead atoms. The molecule has 2 rings (SSSR count). The molecule has 1 saturated carbocycles. The van der Waals surface area contributed by atoms with Crippen LogP contribution in [-0.2, 0) is 0 Å². The van der Waals surface area contributed by atoms with E-state index in [0.717, 1.165) is 31.5 Å². The number of amides is 2. The van der Waals surface area contributed by atoms with E-state index in [-0.39, 0.29) is 6.03 Å². The van der Waals surface area contributed by atoms with E-state index in [4.69, 9.17) is 0 Å². The van der Waals surface area contributed by atoms with Crippen molar-refractivity contribution in [3.63, 3.8) is 0 Å². The number of nitrogens with one attached hydrogen (secondary N) is 3. The maximum absolute atomic E-state index is 11.9. The normalized spacial score (nSPS) is 21.7. The van der Waals surface area contributed by atoms with E-state index in [2.05, 4.69) is 42.8 Å². The van der Waals surface area contributed by atoms with E-state index in [9.17, 15) is 4.79 Å². The zero-order chi connectivity index (χ0) is 15.2. The zero-order valence-electron chi connectivity index (χ0n) is 13.3. The Morgan fingerprint density at radius 3 is 2.86 bits per heavy atom. The fourth-order valence-electron chi connectivity index (χ4n) is 2.58. The first-order chi connectivity index (χ1) is 10.1. The molecule has 0 radical (unpaired) electrons. The van der Waals surface area contributed by atoms with Crippen LogP contribution in [0.4, 0.5) is 10.5 Å². The summed E-state index contributed by atoms with van der Waals surface area (Å²) in [5, 5.41) is 9.41. The van der Waals surface area contributed by atoms with Crippen molar-refractivity contribution >= 4 is 11.7 Å². The Morgan fingerprint density at radius 2 is 2.19 bits per heavy atom. The average molecular weight is 289 g/mol. The molecule has 1 fully saturated rings. The van der Waals surface area contributed by atoms with Crippen LogP contribution in [0.1, 0.15) is 51.6 Å². The molecule has 3 unspecified atom stereocenters. The number of hydrogen-bond acceptors (Lipinski definition) is 2. The molecule has 21 heavy (non-hydrogen) atoms. The molecule has 4 heteroatoms. The number of carbonyl (C=O) groups is 1. The second kappa shape index (κ2) is 7.46. The number of carbonyl (C=O) groups excluding carboxylic acids is 1. The van der Waals surface area contributed by atoms with Crippen LogP contribution in [0.5, 0.6) is 0 Å². The van der Waals surface area contributed by atoms with Gasteiger partial charge in [0.15, 0.2) is 0 Å². The third kappa shape index (κ3) is 4.74. The van der Waals surface area contributed by atoms with Crippen LogP contribution < -0.4 is 16.0 Å². The zero-order valence-corrected chi connectivity index (χ0v) is 13.3. The summed E-state index contributed by atoms with van der Waals surface area (Å²) in [6.07, 6.45) is 3.37. The van der Waals surface area contributed by atoms with Crippen molar-refractivity contribution in [2.75, 3.05) is 11.9 Å². The summed E-state index contributed by atoms with van der Waals surface area (Å²) in [6.45, 7) is 7.46. The van der Waals surface area contributed by atoms with Gasteiger partial charge in [-0.25, -0.2) is 4.79 Å². The van der Waals surface area contributed by atoms with Crippen molar-refractivity contribution in [2.45, 2.75) is 52.1 Å². The summed E-state index contributed by atoms with van der Waals surface area (Å²) in [4.78, 5) is 11.9. The Kier molecular flexibility index (Phi) is 5.62. The summed E-state index contributed by atoms with van der Waals surface area (Å²) >= 11 is 0. The van der Waals surface area contributed by atoms with Gasteiger partial charge in [0.2, 0.25) is 0 Å². The standard InChI is InChI=1S/C17H27N3O/c1-4-9-18-12(3)14-7-6-8-15(10-14)19-17(21)20-16-11-13(16)5-2/h6-8,10,12-13,16,18H,4-5,9,11H2,1-3H3,(H2,19,20,21). The molecule has 0 aromatic heterocycles. The van der Waals surface area contributed by atoms with Gasteiger partial charge in [-0.1, -0.05) is 32.4 Å². The largest absolute Gasteiger partial charge is 0.335 e. The number of anilines is 1. The van der Waals surface area contributed by atoms with Crippen molar-refractivity contribution in [2.24, 2.45) is 5.92 Å². The third-order valence-electron chi connectivity index (χ3n) is 4.11. The first-order valence-corrected chi connectivity index (χ1v) is 8.04. The fourth-order valence-corrected chi connectivity index (χ4v) is 2.58. The summed E-state index contributed by atoms with van der Waals surface area (Å²) in [5.74, 6) is 0.667. The molecule has 2 amide bonds. The van der Waals surface area contributed by atoms with Crippen LogP contribution in [0.2, 0.25) is 0 Å². The molecule has 0 spiro atoms. The predicted molar refractivity (Wildman–Crippen MR) is 87.5 cm³/mol. The third-order valence-corrected chi connectivity index (χ3v) is 4.11. The second-order valence-electron chi connectivity index (χ2n) is 5.91. The van der Waals surface area contributed by atoms with Crippen LogP contribution in [0, 0.1) is 5.92 Å². The molecule has 4 nitrogen and oxygen atoms in total. The van der Waals surface area contributed by atoms with Gasteiger partial charge in [-0.2, -0.15) is 0 Å². The Labute approximate surface area is 127 Å². The molecule has 3 N–H and O–H groups in total. The van der Waals surface area contributed by atoms with Gasteiger partial charge in [-0.15, -0.1) is 0 Å². The molecular weight excluding hydrogens is 262 g/mol. The highest BCUT2D eigenvalue weighted by atomic mass is 16.2. The molecule has 1 aromatic carbocycles. The van der Waals surface area contributed by atoms with Crippen LogP contribution in [-0.4, -0.2) is 18.6 Å². The first-order valence-electron chi connectivity index (χ1n) is 8.04. The quantitative estimate of drug-likeness (QED) is 0.717. The lowest BCUT2D eigenvalue weighted by Gasteiger charge is -2.15. The molecule has 0 aliphatic heterocycles. The van der Waals surface area contributed by atoms with E-state index < -0.39 is 0 Å². The van der Waals surface area contributed by atoms with Crippen LogP contribution in [0.3, 0.4) is 0 Å². The highest BCUT2D eigenvalue weighted by molar-refractivity contribution is 5.89. The fraction of sp³-hybridized carbons (Fsp3) is 0.588. The Morgan fingerprint density at radius 1 is 1.38 bits per heavy atom. The van der Waals surface area contributed by atoms with Gasteiger partial charge in [0.25, 0.3) is 0 Å². The minimum Gasteiger partial charge on any atom is -0.335 e. The highest BCUT2D eigenvalue weighted by Crippen LogP contribution is 2.33. The molecule has 1 aromatic rings. The second-order valence-corrected chi connectivity index (χ2v) is 5.91. The van der Waals surface area contributed by atoms with Crippen LogP contribution in [0.15, 0.2) is 24.3 Å². The predicted octanol–water partition coefficient (Wildman–Crippen LogP) is 3.67. The Hall–Kier alpha value is -1.55. The molecule has 1 aliphatic rings. The number of hydrogen-bond donors (Lipinski definition) is 3. The van der Waals surface area contributed by atoms with Gasteiger partial charge in [0.1, 0.15) is 0 Å². The molecule has 0 saturated heterocycles. The molecule has 116 valence electrons. The topological polar surface area (TPSA) is 53.2 Å². The van der Waals surface area contributed by atoms with Gasteiger partial charge < -0.3 is 16.0 Å². The lowest BCUT2D eigenvalue weighted by atomic mass is 10.1. The Balaban J connectivity index is 1.87. The van der Waals surface area contributed by atoms with Gasteiger partial charge >= 0.3 is 6.03 Å². The van der Waals surface area contributed by atoms with Gasteiger partial charge in [-0.05, 0) is 49.9 Å². The monoisotopic (exact) mass is 289 g/mol. The maximum Gasteiger partial charge on any atom is 0.319 e. The smallest absolute Gasteiger partial charge is 0.319 e. The van der Waals surface area contributed by atoms with Gasteiger partial charge in [0.05, 0.1) is 0 Å². The van der Waals surface area contributed by atoms with Gasteiger partial charge in [-0.3, -0.25) is 0 Å². The lowest BCUT2D eigenvalue weighted by molar-refractivity contribution is 0.251.